The fraction of sp³-hybridized carbons (Fsp3) is 0.500. The van der Waals surface area contributed by atoms with Gasteiger partial charge in [0.1, 0.15) is 0 Å². The molecule has 1 aromatic carbocycles. The second-order valence-electron chi connectivity index (χ2n) is 4.55. The first-order valence-electron chi connectivity index (χ1n) is 4.92. The van der Waals surface area contributed by atoms with E-state index in [1.807, 2.05) is 10.2 Å². The Morgan fingerprint density at radius 2 is 1.62 bits per heavy atom. The Balaban J connectivity index is 2.81. The molecule has 0 bridgehead atoms. The van der Waals surface area contributed by atoms with Gasteiger partial charge in [0.05, 0.1) is 0 Å². The molecule has 0 fully saturated rings. The predicted octanol–water partition coefficient (Wildman–Crippen LogP) is 2.58. The topological polar surface area (TPSA) is 0 Å². The lowest BCUT2D eigenvalue weighted by molar-refractivity contribution is 0.590. The summed E-state index contributed by atoms with van der Waals surface area (Å²) in [5, 5.41) is 0. The molecule has 1 aromatic rings. The summed E-state index contributed by atoms with van der Waals surface area (Å²) < 4.78 is 0. The third kappa shape index (κ3) is 3.00. The molecule has 71 valence electrons. The van der Waals surface area contributed by atoms with Gasteiger partial charge in [-0.15, -0.1) is 0 Å². The van der Waals surface area contributed by atoms with Crippen LogP contribution in [0.25, 0.3) is 0 Å². The average Bonchev–Trinajstić information content (AvgIpc) is 2.04. The molecule has 0 aliphatic rings. The number of aryl methyl sites for hydroxylation is 1. The highest BCUT2D eigenvalue weighted by Gasteiger charge is 2.12. The van der Waals surface area contributed by atoms with Crippen LogP contribution >= 0.6 is 0 Å². The second-order valence-corrected chi connectivity index (χ2v) is 5.26. The Morgan fingerprint density at radius 3 is 2.00 bits per heavy atom. The van der Waals surface area contributed by atoms with Gasteiger partial charge in [-0.1, -0.05) is 51.1 Å². The van der Waals surface area contributed by atoms with Crippen LogP contribution in [-0.4, -0.2) is 10.2 Å². The van der Waals surface area contributed by atoms with Crippen LogP contribution in [-0.2, 0) is 11.8 Å². The molecule has 0 atom stereocenters. The van der Waals surface area contributed by atoms with Crippen molar-refractivity contribution in [2.24, 2.45) is 0 Å². The quantitative estimate of drug-likeness (QED) is 0.630. The van der Waals surface area contributed by atoms with Crippen molar-refractivity contribution in [3.8, 4) is 0 Å². The molecule has 0 spiro atoms. The van der Waals surface area contributed by atoms with Crippen molar-refractivity contribution in [3.63, 3.8) is 0 Å². The van der Waals surface area contributed by atoms with E-state index in [4.69, 9.17) is 0 Å². The zero-order valence-corrected chi connectivity index (χ0v) is 10.3. The molecule has 0 aliphatic carbocycles. The lowest BCUT2D eigenvalue weighted by Crippen LogP contribution is -2.10. The second kappa shape index (κ2) is 4.10. The van der Waals surface area contributed by atoms with Crippen LogP contribution in [0.3, 0.4) is 0 Å². The standard InChI is InChI=1S/C12H19Si/c1-12(2,3)11-6-4-10(5-7-11)8-9-13/h4-7H,8-9,13H2,1-3H3. The Kier molecular flexibility index (Phi) is 3.31. The highest BCUT2D eigenvalue weighted by molar-refractivity contribution is 6.08. The minimum atomic E-state index is 0.284. The van der Waals surface area contributed by atoms with E-state index in [1.54, 1.807) is 0 Å². The Bertz CT molecular complexity index is 253. The van der Waals surface area contributed by atoms with E-state index in [1.165, 1.54) is 23.6 Å². The van der Waals surface area contributed by atoms with Crippen LogP contribution < -0.4 is 0 Å². The predicted molar refractivity (Wildman–Crippen MR) is 62.2 cm³/mol. The van der Waals surface area contributed by atoms with E-state index in [9.17, 15) is 0 Å². The van der Waals surface area contributed by atoms with Crippen molar-refractivity contribution in [2.45, 2.75) is 38.7 Å². The third-order valence-electron chi connectivity index (χ3n) is 2.29. The summed E-state index contributed by atoms with van der Waals surface area (Å²) in [6.07, 6.45) is 1.21. The molecule has 0 saturated carbocycles. The van der Waals surface area contributed by atoms with Crippen molar-refractivity contribution >= 4 is 10.2 Å². The Morgan fingerprint density at radius 1 is 1.08 bits per heavy atom. The molecular weight excluding hydrogens is 172 g/mol. The van der Waals surface area contributed by atoms with E-state index in [0.717, 1.165) is 0 Å². The number of benzene rings is 1. The lowest BCUT2D eigenvalue weighted by atomic mass is 9.86. The molecule has 0 saturated heterocycles. The molecule has 0 aromatic heterocycles. The number of hydrogen-bond donors (Lipinski definition) is 0. The van der Waals surface area contributed by atoms with Gasteiger partial charge in [0.25, 0.3) is 0 Å². The number of hydrogen-bond acceptors (Lipinski definition) is 0. The van der Waals surface area contributed by atoms with Gasteiger partial charge in [-0.25, -0.2) is 0 Å². The maximum absolute atomic E-state index is 2.26. The van der Waals surface area contributed by atoms with Crippen LogP contribution in [0.15, 0.2) is 24.3 Å². The maximum atomic E-state index is 2.26. The summed E-state index contributed by atoms with van der Waals surface area (Å²) in [6, 6.07) is 10.3. The van der Waals surface area contributed by atoms with Crippen LogP contribution in [0.4, 0.5) is 0 Å². The van der Waals surface area contributed by atoms with Crippen molar-refractivity contribution in [1.82, 2.24) is 0 Å². The first kappa shape index (κ1) is 10.5. The van der Waals surface area contributed by atoms with Crippen molar-refractivity contribution < 1.29 is 0 Å². The zero-order chi connectivity index (χ0) is 9.90. The summed E-state index contributed by atoms with van der Waals surface area (Å²) in [7, 11) is 2.04. The molecule has 1 rings (SSSR count). The lowest BCUT2D eigenvalue weighted by Gasteiger charge is -2.19. The Labute approximate surface area is 84.8 Å². The van der Waals surface area contributed by atoms with Gasteiger partial charge in [0.15, 0.2) is 0 Å². The Hall–Kier alpha value is -0.563. The third-order valence-corrected chi connectivity index (χ3v) is 2.64. The zero-order valence-electron chi connectivity index (χ0n) is 8.93. The van der Waals surface area contributed by atoms with Crippen molar-refractivity contribution in [3.05, 3.63) is 35.4 Å². The molecule has 13 heavy (non-hydrogen) atoms. The minimum absolute atomic E-state index is 0.284. The molecule has 0 N–H and O–H groups in total. The normalized spacial score (nSPS) is 11.7. The molecular formula is C12H19Si. The van der Waals surface area contributed by atoms with Crippen molar-refractivity contribution in [1.29, 1.82) is 0 Å². The summed E-state index contributed by atoms with van der Waals surface area (Å²) >= 11 is 0. The average molecular weight is 191 g/mol. The first-order chi connectivity index (χ1) is 6.04. The van der Waals surface area contributed by atoms with Gasteiger partial charge in [-0.2, -0.15) is 0 Å². The van der Waals surface area contributed by atoms with E-state index in [-0.39, 0.29) is 5.41 Å². The highest BCUT2D eigenvalue weighted by Crippen LogP contribution is 2.22. The molecule has 0 amide bonds. The molecule has 0 aliphatic heterocycles. The van der Waals surface area contributed by atoms with Crippen molar-refractivity contribution in [2.75, 3.05) is 0 Å². The largest absolute Gasteiger partial charge is 0.0612 e. The van der Waals surface area contributed by atoms with Gasteiger partial charge >= 0.3 is 0 Å². The van der Waals surface area contributed by atoms with E-state index in [0.29, 0.717) is 0 Å². The SMILES string of the molecule is CC(C)(C)c1ccc(CC[SiH2])cc1. The maximum Gasteiger partial charge on any atom is 0.00840 e. The minimum Gasteiger partial charge on any atom is -0.0612 e. The van der Waals surface area contributed by atoms with E-state index >= 15 is 0 Å². The van der Waals surface area contributed by atoms with Crippen LogP contribution in [0.2, 0.25) is 6.04 Å². The van der Waals surface area contributed by atoms with Gasteiger partial charge in [0, 0.05) is 10.2 Å². The molecule has 0 heterocycles. The van der Waals surface area contributed by atoms with Crippen LogP contribution in [0.1, 0.15) is 31.9 Å². The summed E-state index contributed by atoms with van der Waals surface area (Å²) in [4.78, 5) is 0. The van der Waals surface area contributed by atoms with Crippen LogP contribution in [0.5, 0.6) is 0 Å². The summed E-state index contributed by atoms with van der Waals surface area (Å²) in [5.74, 6) is 0. The molecule has 0 unspecified atom stereocenters. The number of rotatable bonds is 2. The van der Waals surface area contributed by atoms with Gasteiger partial charge in [0.2, 0.25) is 0 Å². The fourth-order valence-corrected chi connectivity index (χ4v) is 1.78. The molecule has 0 nitrogen and oxygen atoms in total. The fourth-order valence-electron chi connectivity index (χ4n) is 1.38. The summed E-state index contributed by atoms with van der Waals surface area (Å²) in [5.41, 5.74) is 3.17. The highest BCUT2D eigenvalue weighted by atomic mass is 28.1. The summed E-state index contributed by atoms with van der Waals surface area (Å²) in [6.45, 7) is 6.76. The monoisotopic (exact) mass is 191 g/mol. The van der Waals surface area contributed by atoms with Gasteiger partial charge in [-0.05, 0) is 23.0 Å². The molecule has 1 heteroatoms. The van der Waals surface area contributed by atoms with E-state index in [2.05, 4.69) is 45.0 Å². The van der Waals surface area contributed by atoms with Gasteiger partial charge in [-0.3, -0.25) is 0 Å². The smallest absolute Gasteiger partial charge is 0.00840 e. The van der Waals surface area contributed by atoms with E-state index < -0.39 is 0 Å². The molecule has 1 radical (unpaired) electrons. The van der Waals surface area contributed by atoms with Crippen LogP contribution in [0, 0.1) is 0 Å². The van der Waals surface area contributed by atoms with Gasteiger partial charge < -0.3 is 0 Å². The first-order valence-corrected chi connectivity index (χ1v) is 5.92.